The minimum absolute atomic E-state index is 0.171. The van der Waals surface area contributed by atoms with Gasteiger partial charge in [0.2, 0.25) is 0 Å². The van der Waals surface area contributed by atoms with Gasteiger partial charge in [-0.25, -0.2) is 9.98 Å². The summed E-state index contributed by atoms with van der Waals surface area (Å²) >= 11 is 0. The van der Waals surface area contributed by atoms with Crippen LogP contribution in [-0.4, -0.2) is 16.8 Å². The van der Waals surface area contributed by atoms with Crippen LogP contribution in [0.5, 0.6) is 0 Å². The number of nitrogens with zero attached hydrogens (tertiary/aromatic N) is 2. The van der Waals surface area contributed by atoms with Gasteiger partial charge in [-0.1, -0.05) is 77.9 Å². The van der Waals surface area contributed by atoms with Gasteiger partial charge in [0.1, 0.15) is 5.84 Å². The Balaban J connectivity index is 2.19. The van der Waals surface area contributed by atoms with Crippen LogP contribution in [0.4, 0.5) is 5.69 Å². The molecule has 1 fully saturated rings. The lowest BCUT2D eigenvalue weighted by Gasteiger charge is -2.20. The van der Waals surface area contributed by atoms with E-state index in [1.165, 1.54) is 17.5 Å². The fraction of sp³-hybridized carbons (Fsp3) is 0.462. The summed E-state index contributed by atoms with van der Waals surface area (Å²) in [6, 6.07) is 15.2. The van der Waals surface area contributed by atoms with E-state index in [2.05, 4.69) is 84.0 Å². The number of amidine groups is 2. The molecule has 1 heterocycles. The van der Waals surface area contributed by atoms with Crippen molar-refractivity contribution in [2.24, 2.45) is 15.7 Å². The molecule has 0 bridgehead atoms. The Hall–Kier alpha value is -1.99. The van der Waals surface area contributed by atoms with Gasteiger partial charge in [0, 0.05) is 17.1 Å². The average Bonchev–Trinajstić information content (AvgIpc) is 3.31. The molecule has 160 valence electrons. The molecule has 0 aromatic heterocycles. The molecular weight excluding hydrogens is 385 g/mol. The lowest BCUT2D eigenvalue weighted by atomic mass is 9.84. The smallest absolute Gasteiger partial charge is 0.162 e. The molecule has 3 atom stereocenters. The number of aryl methyl sites for hydroxylation is 1. The summed E-state index contributed by atoms with van der Waals surface area (Å²) in [6.45, 7) is 15.7. The molecule has 0 spiro atoms. The van der Waals surface area contributed by atoms with E-state index in [1.54, 1.807) is 0 Å². The molecule has 1 aliphatic heterocycles. The van der Waals surface area contributed by atoms with E-state index in [0.717, 1.165) is 31.2 Å². The van der Waals surface area contributed by atoms with Crippen LogP contribution in [0.1, 0.15) is 82.6 Å². The van der Waals surface area contributed by atoms with Gasteiger partial charge in [0.05, 0.1) is 5.69 Å². The first-order chi connectivity index (χ1) is 14.1. The Labute approximate surface area is 184 Å². The predicted molar refractivity (Wildman–Crippen MR) is 134 cm³/mol. The summed E-state index contributed by atoms with van der Waals surface area (Å²) in [5.74, 6) is 1.80. The molecule has 0 saturated carbocycles. The van der Waals surface area contributed by atoms with E-state index in [-0.39, 0.29) is 5.16 Å². The van der Waals surface area contributed by atoms with Gasteiger partial charge in [0.15, 0.2) is 5.84 Å². The van der Waals surface area contributed by atoms with Crippen molar-refractivity contribution in [3.05, 3.63) is 64.7 Å². The first-order valence-corrected chi connectivity index (χ1v) is 12.1. The van der Waals surface area contributed by atoms with Crippen LogP contribution in [0.2, 0.25) is 0 Å². The molecule has 2 aromatic carbocycles. The van der Waals surface area contributed by atoms with Gasteiger partial charge in [-0.15, -0.1) is 8.58 Å². The van der Waals surface area contributed by atoms with Crippen molar-refractivity contribution in [3.63, 3.8) is 0 Å². The normalized spacial score (nSPS) is 25.2. The molecule has 3 rings (SSSR count). The summed E-state index contributed by atoms with van der Waals surface area (Å²) in [5.41, 5.74) is 12.1. The van der Waals surface area contributed by atoms with E-state index < -0.39 is 0 Å². The predicted octanol–water partition coefficient (Wildman–Crippen LogP) is 7.04. The van der Waals surface area contributed by atoms with Crippen LogP contribution in [0.25, 0.3) is 0 Å². The molecule has 30 heavy (non-hydrogen) atoms. The van der Waals surface area contributed by atoms with Crippen molar-refractivity contribution in [1.29, 1.82) is 0 Å². The molecule has 0 amide bonds. The lowest BCUT2D eigenvalue weighted by Crippen LogP contribution is -2.21. The Morgan fingerprint density at radius 1 is 1.10 bits per heavy atom. The van der Waals surface area contributed by atoms with Gasteiger partial charge in [0.25, 0.3) is 0 Å². The number of aliphatic imine (C=N–C) groups is 2. The van der Waals surface area contributed by atoms with E-state index in [0.29, 0.717) is 23.3 Å². The van der Waals surface area contributed by atoms with Crippen LogP contribution in [0.3, 0.4) is 0 Å². The fourth-order valence-corrected chi connectivity index (χ4v) is 5.90. The van der Waals surface area contributed by atoms with Gasteiger partial charge in [-0.2, -0.15) is 0 Å². The van der Waals surface area contributed by atoms with Gasteiger partial charge in [-0.3, -0.25) is 0 Å². The van der Waals surface area contributed by atoms with E-state index in [4.69, 9.17) is 15.7 Å². The fourth-order valence-electron chi connectivity index (χ4n) is 4.02. The van der Waals surface area contributed by atoms with E-state index >= 15 is 0 Å². The zero-order valence-electron chi connectivity index (χ0n) is 19.5. The molecule has 3 unspecified atom stereocenters. The highest BCUT2D eigenvalue weighted by molar-refractivity contribution is 7.51. The third-order valence-electron chi connectivity index (χ3n) is 6.72. The van der Waals surface area contributed by atoms with Crippen molar-refractivity contribution in [2.45, 2.75) is 77.5 Å². The van der Waals surface area contributed by atoms with Crippen LogP contribution in [-0.2, 0) is 5.16 Å². The van der Waals surface area contributed by atoms with Crippen LogP contribution in [0.15, 0.2) is 52.4 Å². The maximum atomic E-state index is 6.21. The van der Waals surface area contributed by atoms with Gasteiger partial charge in [-0.05, 0) is 47.2 Å². The van der Waals surface area contributed by atoms with Crippen LogP contribution < -0.4 is 5.73 Å². The molecule has 1 aliphatic rings. The second-order valence-corrected chi connectivity index (χ2v) is 11.4. The summed E-state index contributed by atoms with van der Waals surface area (Å²) in [7, 11) is 0.910. The monoisotopic (exact) mass is 421 g/mol. The third kappa shape index (κ3) is 4.23. The first kappa shape index (κ1) is 22.7. The van der Waals surface area contributed by atoms with Crippen molar-refractivity contribution in [1.82, 2.24) is 0 Å². The number of rotatable bonds is 6. The van der Waals surface area contributed by atoms with E-state index in [1.807, 2.05) is 6.92 Å². The van der Waals surface area contributed by atoms with Crippen molar-refractivity contribution in [3.8, 4) is 0 Å². The minimum Gasteiger partial charge on any atom is -0.387 e. The maximum absolute atomic E-state index is 6.21. The topological polar surface area (TPSA) is 50.7 Å². The molecule has 2 aromatic rings. The minimum atomic E-state index is 0.171. The molecule has 2 N–H and O–H groups in total. The molecule has 4 heteroatoms. The summed E-state index contributed by atoms with van der Waals surface area (Å²) in [6.07, 6.45) is 1.89. The quantitative estimate of drug-likeness (QED) is 0.303. The van der Waals surface area contributed by atoms with Crippen LogP contribution in [0, 0.1) is 6.92 Å². The molecule has 3 nitrogen and oxygen atoms in total. The summed E-state index contributed by atoms with van der Waals surface area (Å²) < 4.78 is 0. The molecule has 0 radical (unpaired) electrons. The first-order valence-electron chi connectivity index (χ1n) is 11.1. The number of hydrogen-bond donors (Lipinski definition) is 1. The zero-order chi connectivity index (χ0) is 22.1. The standard InChI is InChI=1S/C26H36N3P/c1-8-23(27)29-24(28-22-16-19(17(3)4)15-14-18(22)5)20-12-10-11-13-21(20)26(7)25(6,9-2)30-26/h10-17,30H,8-9H2,1-7H3,(H2,27,28,29). The van der Waals surface area contributed by atoms with Crippen LogP contribution >= 0.6 is 8.58 Å². The highest BCUT2D eigenvalue weighted by Crippen LogP contribution is 2.77. The van der Waals surface area contributed by atoms with Crippen molar-refractivity contribution in [2.75, 3.05) is 0 Å². The summed E-state index contributed by atoms with van der Waals surface area (Å²) in [5, 5.41) is 0.520. The van der Waals surface area contributed by atoms with E-state index in [9.17, 15) is 0 Å². The second kappa shape index (κ2) is 8.63. The average molecular weight is 422 g/mol. The molecular formula is C26H36N3P. The summed E-state index contributed by atoms with van der Waals surface area (Å²) in [4.78, 5) is 9.89. The Morgan fingerprint density at radius 3 is 2.40 bits per heavy atom. The lowest BCUT2D eigenvalue weighted by molar-refractivity contribution is 0.572. The Morgan fingerprint density at radius 2 is 1.80 bits per heavy atom. The number of benzene rings is 2. The Kier molecular flexibility index (Phi) is 6.53. The van der Waals surface area contributed by atoms with Crippen molar-refractivity contribution < 1.29 is 0 Å². The SMILES string of the molecule is CCC(N)=NC(=Nc1cc(C(C)C)ccc1C)c1ccccc1C1(C)PC1(C)CC. The van der Waals surface area contributed by atoms with Gasteiger partial charge < -0.3 is 5.73 Å². The Bertz CT molecular complexity index is 992. The maximum Gasteiger partial charge on any atom is 0.162 e. The molecule has 1 saturated heterocycles. The second-order valence-electron chi connectivity index (χ2n) is 9.07. The number of nitrogens with two attached hydrogens (primary N) is 1. The highest BCUT2D eigenvalue weighted by Gasteiger charge is 2.61. The molecule has 0 aliphatic carbocycles. The van der Waals surface area contributed by atoms with Crippen molar-refractivity contribution >= 4 is 25.9 Å². The zero-order valence-corrected chi connectivity index (χ0v) is 20.5. The largest absolute Gasteiger partial charge is 0.387 e. The number of hydrogen-bond acceptors (Lipinski definition) is 1. The third-order valence-corrected chi connectivity index (χ3v) is 9.20. The highest BCUT2D eigenvalue weighted by atomic mass is 31.1. The van der Waals surface area contributed by atoms with Gasteiger partial charge >= 0.3 is 0 Å².